The lowest BCUT2D eigenvalue weighted by Gasteiger charge is -2.12. The second-order valence-corrected chi connectivity index (χ2v) is 5.04. The van der Waals surface area contributed by atoms with E-state index in [2.05, 4.69) is 0 Å². The van der Waals surface area contributed by atoms with E-state index in [0.29, 0.717) is 35.3 Å². The van der Waals surface area contributed by atoms with Crippen LogP contribution in [0.2, 0.25) is 0 Å². The maximum Gasteiger partial charge on any atom is 0.343 e. The van der Waals surface area contributed by atoms with Crippen LogP contribution in [0.15, 0.2) is 27.4 Å². The summed E-state index contributed by atoms with van der Waals surface area (Å²) in [7, 11) is 0. The van der Waals surface area contributed by atoms with E-state index >= 15 is 0 Å². The van der Waals surface area contributed by atoms with Gasteiger partial charge in [0.15, 0.2) is 0 Å². The van der Waals surface area contributed by atoms with E-state index < -0.39 is 5.63 Å². The van der Waals surface area contributed by atoms with Crippen LogP contribution in [0.3, 0.4) is 0 Å². The molecule has 114 valence electrons. The monoisotopic (exact) mass is 292 g/mol. The Morgan fingerprint density at radius 1 is 1.38 bits per heavy atom. The van der Waals surface area contributed by atoms with Crippen molar-refractivity contribution in [3.05, 3.63) is 34.2 Å². The van der Waals surface area contributed by atoms with Gasteiger partial charge in [-0.25, -0.2) is 4.79 Å². The molecule has 2 rings (SSSR count). The lowest BCUT2D eigenvalue weighted by atomic mass is 9.98. The largest absolute Gasteiger partial charge is 0.507 e. The first-order valence-corrected chi connectivity index (χ1v) is 7.11. The Hall–Kier alpha value is -2.01. The molecule has 0 radical (unpaired) electrons. The standard InChI is InChI=1S/C16H20O5/c1-3-10(2)14-15(18)12-6-5-11(20-8-4-7-17)9-13(12)21-16(14)19/h5-6,9-10,17-18H,3-4,7-8H2,1-2H3. The summed E-state index contributed by atoms with van der Waals surface area (Å²) in [4.78, 5) is 12.0. The third kappa shape index (κ3) is 3.19. The van der Waals surface area contributed by atoms with Crippen molar-refractivity contribution in [3.8, 4) is 11.5 Å². The number of aromatic hydroxyl groups is 1. The number of hydrogen-bond donors (Lipinski definition) is 2. The summed E-state index contributed by atoms with van der Waals surface area (Å²) >= 11 is 0. The summed E-state index contributed by atoms with van der Waals surface area (Å²) in [5.74, 6) is 0.457. The van der Waals surface area contributed by atoms with Gasteiger partial charge in [-0.1, -0.05) is 13.8 Å². The minimum Gasteiger partial charge on any atom is -0.507 e. The molecular formula is C16H20O5. The third-order valence-corrected chi connectivity index (χ3v) is 3.56. The average molecular weight is 292 g/mol. The zero-order chi connectivity index (χ0) is 15.4. The Labute approximate surface area is 122 Å². The highest BCUT2D eigenvalue weighted by Gasteiger charge is 2.18. The third-order valence-electron chi connectivity index (χ3n) is 3.56. The molecule has 2 aromatic rings. The normalized spacial score (nSPS) is 12.5. The summed E-state index contributed by atoms with van der Waals surface area (Å²) < 4.78 is 10.7. The maximum absolute atomic E-state index is 12.0. The first-order valence-electron chi connectivity index (χ1n) is 7.11. The number of fused-ring (bicyclic) bond motifs is 1. The first-order chi connectivity index (χ1) is 10.1. The molecule has 5 nitrogen and oxygen atoms in total. The minimum atomic E-state index is -0.512. The molecule has 0 saturated heterocycles. The van der Waals surface area contributed by atoms with Crippen LogP contribution >= 0.6 is 0 Å². The average Bonchev–Trinajstić information content (AvgIpc) is 2.47. The van der Waals surface area contributed by atoms with Crippen LogP contribution in [-0.4, -0.2) is 23.4 Å². The van der Waals surface area contributed by atoms with Gasteiger partial charge in [-0.05, 0) is 24.5 Å². The van der Waals surface area contributed by atoms with Gasteiger partial charge < -0.3 is 19.4 Å². The number of aliphatic hydroxyl groups is 1. The van der Waals surface area contributed by atoms with E-state index in [0.717, 1.165) is 6.42 Å². The molecule has 5 heteroatoms. The van der Waals surface area contributed by atoms with Crippen LogP contribution in [0.1, 0.15) is 38.2 Å². The Morgan fingerprint density at radius 3 is 2.81 bits per heavy atom. The van der Waals surface area contributed by atoms with Crippen molar-refractivity contribution in [2.24, 2.45) is 0 Å². The number of aliphatic hydroxyl groups excluding tert-OH is 1. The number of benzene rings is 1. The molecular weight excluding hydrogens is 272 g/mol. The van der Waals surface area contributed by atoms with E-state index in [4.69, 9.17) is 14.3 Å². The molecule has 0 fully saturated rings. The second kappa shape index (κ2) is 6.63. The molecule has 1 heterocycles. The van der Waals surface area contributed by atoms with E-state index in [-0.39, 0.29) is 18.3 Å². The van der Waals surface area contributed by atoms with Gasteiger partial charge in [0.1, 0.15) is 17.1 Å². The van der Waals surface area contributed by atoms with Crippen molar-refractivity contribution < 1.29 is 19.4 Å². The predicted octanol–water partition coefficient (Wildman–Crippen LogP) is 2.77. The van der Waals surface area contributed by atoms with Crippen molar-refractivity contribution in [1.29, 1.82) is 0 Å². The fourth-order valence-electron chi connectivity index (χ4n) is 2.16. The van der Waals surface area contributed by atoms with Gasteiger partial charge in [0, 0.05) is 19.1 Å². The second-order valence-electron chi connectivity index (χ2n) is 5.04. The van der Waals surface area contributed by atoms with Crippen LogP contribution in [0.4, 0.5) is 0 Å². The predicted molar refractivity (Wildman–Crippen MR) is 80.1 cm³/mol. The number of rotatable bonds is 6. The Kier molecular flexibility index (Phi) is 4.85. The fourth-order valence-corrected chi connectivity index (χ4v) is 2.16. The molecule has 2 N–H and O–H groups in total. The van der Waals surface area contributed by atoms with Gasteiger partial charge in [0.25, 0.3) is 0 Å². The molecule has 1 unspecified atom stereocenters. The molecule has 0 aliphatic carbocycles. The number of hydrogen-bond acceptors (Lipinski definition) is 5. The Balaban J connectivity index is 2.44. The van der Waals surface area contributed by atoms with Crippen molar-refractivity contribution in [3.63, 3.8) is 0 Å². The van der Waals surface area contributed by atoms with Crippen molar-refractivity contribution in [2.45, 2.75) is 32.6 Å². The van der Waals surface area contributed by atoms with Gasteiger partial charge in [0.05, 0.1) is 17.6 Å². The van der Waals surface area contributed by atoms with Crippen LogP contribution < -0.4 is 10.4 Å². The molecule has 1 aromatic heterocycles. The molecule has 0 saturated carbocycles. The van der Waals surface area contributed by atoms with Crippen molar-refractivity contribution in [2.75, 3.05) is 13.2 Å². The highest BCUT2D eigenvalue weighted by atomic mass is 16.5. The van der Waals surface area contributed by atoms with Gasteiger partial charge in [0.2, 0.25) is 0 Å². The smallest absolute Gasteiger partial charge is 0.343 e. The highest BCUT2D eigenvalue weighted by molar-refractivity contribution is 5.85. The van der Waals surface area contributed by atoms with Gasteiger partial charge in [-0.2, -0.15) is 0 Å². The van der Waals surface area contributed by atoms with Crippen LogP contribution in [0.25, 0.3) is 11.0 Å². The summed E-state index contributed by atoms with van der Waals surface area (Å²) in [6.45, 7) is 4.26. The van der Waals surface area contributed by atoms with E-state index in [1.54, 1.807) is 18.2 Å². The van der Waals surface area contributed by atoms with E-state index in [1.807, 2.05) is 13.8 Å². The van der Waals surface area contributed by atoms with Gasteiger partial charge in [-0.15, -0.1) is 0 Å². The summed E-state index contributed by atoms with van der Waals surface area (Å²) in [5.41, 5.74) is 0.104. The topological polar surface area (TPSA) is 79.9 Å². The van der Waals surface area contributed by atoms with Crippen LogP contribution in [0, 0.1) is 0 Å². The molecule has 1 aromatic carbocycles. The minimum absolute atomic E-state index is 0.0162. The lowest BCUT2D eigenvalue weighted by molar-refractivity contribution is 0.233. The van der Waals surface area contributed by atoms with Gasteiger partial charge >= 0.3 is 5.63 Å². The number of ether oxygens (including phenoxy) is 1. The van der Waals surface area contributed by atoms with Crippen LogP contribution in [0.5, 0.6) is 11.5 Å². The maximum atomic E-state index is 12.0. The summed E-state index contributed by atoms with van der Waals surface area (Å²) in [6.07, 6.45) is 1.27. The molecule has 21 heavy (non-hydrogen) atoms. The van der Waals surface area contributed by atoms with E-state index in [1.165, 1.54) is 0 Å². The Bertz CT molecular complexity index is 674. The summed E-state index contributed by atoms with van der Waals surface area (Å²) in [5, 5.41) is 19.5. The molecule has 0 bridgehead atoms. The van der Waals surface area contributed by atoms with Crippen LogP contribution in [-0.2, 0) is 0 Å². The van der Waals surface area contributed by atoms with Gasteiger partial charge in [-0.3, -0.25) is 0 Å². The zero-order valence-electron chi connectivity index (χ0n) is 12.3. The molecule has 0 aliphatic heterocycles. The Morgan fingerprint density at radius 2 is 2.14 bits per heavy atom. The van der Waals surface area contributed by atoms with E-state index in [9.17, 15) is 9.90 Å². The fraction of sp³-hybridized carbons (Fsp3) is 0.438. The lowest BCUT2D eigenvalue weighted by Crippen LogP contribution is -2.10. The first kappa shape index (κ1) is 15.4. The summed E-state index contributed by atoms with van der Waals surface area (Å²) in [6, 6.07) is 4.96. The van der Waals surface area contributed by atoms with Crippen molar-refractivity contribution >= 4 is 11.0 Å². The zero-order valence-corrected chi connectivity index (χ0v) is 12.3. The molecule has 0 amide bonds. The quantitative estimate of drug-likeness (QED) is 0.632. The van der Waals surface area contributed by atoms with Crippen molar-refractivity contribution in [1.82, 2.24) is 0 Å². The molecule has 0 aliphatic rings. The molecule has 0 spiro atoms. The molecule has 1 atom stereocenters. The highest BCUT2D eigenvalue weighted by Crippen LogP contribution is 2.33. The SMILES string of the molecule is CCC(C)c1c(O)c2ccc(OCCCO)cc2oc1=O.